The van der Waals surface area contributed by atoms with Gasteiger partial charge in [0.25, 0.3) is 0 Å². The minimum atomic E-state index is -3.92. The lowest BCUT2D eigenvalue weighted by Gasteiger charge is -2.28. The summed E-state index contributed by atoms with van der Waals surface area (Å²) < 4.78 is 34.4. The maximum atomic E-state index is 13.4. The van der Waals surface area contributed by atoms with Crippen molar-refractivity contribution in [2.45, 2.75) is 49.6 Å². The second-order valence-electron chi connectivity index (χ2n) is 8.42. The van der Waals surface area contributed by atoms with E-state index < -0.39 is 16.1 Å². The second kappa shape index (κ2) is 10.8. The molecular weight excluding hydrogens is 448 g/mol. The highest BCUT2D eigenvalue weighted by atomic mass is 32.2. The fourth-order valence-corrected chi connectivity index (χ4v) is 5.55. The van der Waals surface area contributed by atoms with Gasteiger partial charge in [0.2, 0.25) is 15.9 Å². The smallest absolute Gasteiger partial charge is 0.241 e. The number of carbonyl (C=O) groups excluding carboxylic acids is 1. The van der Waals surface area contributed by atoms with Crippen LogP contribution in [0.25, 0.3) is 0 Å². The maximum absolute atomic E-state index is 13.4. The standard InChI is InChI=1S/C27H30N2O4S/c1-2-33-22-15-17-23(18-16-22)34(31,32)29-26(19-20-9-4-3-5-10-20)27(30)28-25-14-8-12-21-11-6-7-13-24(21)25/h3-7,9-11,13,15-18,25-26,29H,2,8,12,14,19H2,1H3,(H,28,30)/t25-,26-/m1/s1. The van der Waals surface area contributed by atoms with E-state index >= 15 is 0 Å². The molecular formula is C27H30N2O4S. The summed E-state index contributed by atoms with van der Waals surface area (Å²) in [7, 11) is -3.92. The van der Waals surface area contributed by atoms with Crippen LogP contribution in [0.3, 0.4) is 0 Å². The molecule has 0 spiro atoms. The van der Waals surface area contributed by atoms with Crippen LogP contribution in [0.4, 0.5) is 0 Å². The van der Waals surface area contributed by atoms with Gasteiger partial charge in [0.15, 0.2) is 0 Å². The Morgan fingerprint density at radius 2 is 1.71 bits per heavy atom. The molecule has 0 radical (unpaired) electrons. The zero-order valence-electron chi connectivity index (χ0n) is 19.2. The molecule has 4 rings (SSSR count). The van der Waals surface area contributed by atoms with Crippen molar-refractivity contribution >= 4 is 15.9 Å². The molecule has 7 heteroatoms. The van der Waals surface area contributed by atoms with Crippen LogP contribution in [0.15, 0.2) is 83.8 Å². The molecule has 0 heterocycles. The van der Waals surface area contributed by atoms with E-state index in [1.54, 1.807) is 12.1 Å². The van der Waals surface area contributed by atoms with Gasteiger partial charge in [-0.15, -0.1) is 0 Å². The molecule has 1 amide bonds. The molecule has 0 saturated heterocycles. The predicted molar refractivity (Wildman–Crippen MR) is 132 cm³/mol. The van der Waals surface area contributed by atoms with E-state index in [2.05, 4.69) is 16.1 Å². The maximum Gasteiger partial charge on any atom is 0.241 e. The minimum absolute atomic E-state index is 0.0878. The lowest BCUT2D eigenvalue weighted by atomic mass is 9.87. The number of fused-ring (bicyclic) bond motifs is 1. The van der Waals surface area contributed by atoms with E-state index in [0.717, 1.165) is 30.4 Å². The quantitative estimate of drug-likeness (QED) is 0.484. The van der Waals surface area contributed by atoms with Gasteiger partial charge in [-0.05, 0) is 73.6 Å². The Kier molecular flexibility index (Phi) is 7.65. The number of rotatable bonds is 9. The van der Waals surface area contributed by atoms with Crippen molar-refractivity contribution in [3.63, 3.8) is 0 Å². The third-order valence-corrected chi connectivity index (χ3v) is 7.52. The third kappa shape index (κ3) is 5.85. The lowest BCUT2D eigenvalue weighted by Crippen LogP contribution is -2.49. The number of hydrogen-bond acceptors (Lipinski definition) is 4. The largest absolute Gasteiger partial charge is 0.494 e. The first-order chi connectivity index (χ1) is 16.5. The number of aryl methyl sites for hydroxylation is 1. The van der Waals surface area contributed by atoms with Crippen LogP contribution in [-0.2, 0) is 27.7 Å². The average Bonchev–Trinajstić information content (AvgIpc) is 2.85. The molecule has 0 saturated carbocycles. The first-order valence-corrected chi connectivity index (χ1v) is 13.1. The van der Waals surface area contributed by atoms with Crippen LogP contribution >= 0.6 is 0 Å². The Hall–Kier alpha value is -3.16. The van der Waals surface area contributed by atoms with Crippen LogP contribution in [-0.4, -0.2) is 27.0 Å². The van der Waals surface area contributed by atoms with Crippen molar-refractivity contribution in [2.75, 3.05) is 6.61 Å². The third-order valence-electron chi connectivity index (χ3n) is 6.03. The summed E-state index contributed by atoms with van der Waals surface area (Å²) >= 11 is 0. The van der Waals surface area contributed by atoms with Crippen molar-refractivity contribution in [3.05, 3.63) is 95.6 Å². The Labute approximate surface area is 201 Å². The number of ether oxygens (including phenoxy) is 1. The Morgan fingerprint density at radius 3 is 2.44 bits per heavy atom. The van der Waals surface area contributed by atoms with Crippen LogP contribution in [0.2, 0.25) is 0 Å². The second-order valence-corrected chi connectivity index (χ2v) is 10.1. The molecule has 3 aromatic rings. The molecule has 1 aliphatic rings. The zero-order chi connectivity index (χ0) is 24.0. The number of hydrogen-bond donors (Lipinski definition) is 2. The summed E-state index contributed by atoms with van der Waals surface area (Å²) in [4.78, 5) is 13.5. The van der Waals surface area contributed by atoms with Gasteiger partial charge < -0.3 is 10.1 Å². The summed E-state index contributed by atoms with van der Waals surface area (Å²) in [5, 5.41) is 3.11. The topological polar surface area (TPSA) is 84.5 Å². The Balaban J connectivity index is 1.56. The first-order valence-electron chi connectivity index (χ1n) is 11.6. The van der Waals surface area contributed by atoms with Gasteiger partial charge >= 0.3 is 0 Å². The van der Waals surface area contributed by atoms with Crippen molar-refractivity contribution in [3.8, 4) is 5.75 Å². The summed E-state index contributed by atoms with van der Waals surface area (Å²) in [5.41, 5.74) is 3.21. The molecule has 2 atom stereocenters. The first kappa shape index (κ1) is 24.0. The van der Waals surface area contributed by atoms with Crippen LogP contribution in [0.1, 0.15) is 42.5 Å². The zero-order valence-corrected chi connectivity index (χ0v) is 20.1. The number of carbonyl (C=O) groups is 1. The number of nitrogens with one attached hydrogen (secondary N) is 2. The molecule has 0 bridgehead atoms. The van der Waals surface area contributed by atoms with Gasteiger partial charge in [-0.1, -0.05) is 54.6 Å². The summed E-state index contributed by atoms with van der Waals surface area (Å²) in [6.45, 7) is 2.36. The molecule has 1 aliphatic carbocycles. The van der Waals surface area contributed by atoms with E-state index in [4.69, 9.17) is 4.74 Å². The molecule has 34 heavy (non-hydrogen) atoms. The highest BCUT2D eigenvalue weighted by Crippen LogP contribution is 2.29. The lowest BCUT2D eigenvalue weighted by molar-refractivity contribution is -0.123. The van der Waals surface area contributed by atoms with E-state index in [9.17, 15) is 13.2 Å². The summed E-state index contributed by atoms with van der Waals surface area (Å²) in [5.74, 6) is 0.260. The Morgan fingerprint density at radius 1 is 1.00 bits per heavy atom. The number of sulfonamides is 1. The fourth-order valence-electron chi connectivity index (χ4n) is 4.35. The fraction of sp³-hybridized carbons (Fsp3) is 0.296. The Bertz CT molecular complexity index is 1210. The van der Waals surface area contributed by atoms with Crippen molar-refractivity contribution in [2.24, 2.45) is 0 Å². The van der Waals surface area contributed by atoms with Crippen molar-refractivity contribution in [1.82, 2.24) is 10.0 Å². The van der Waals surface area contributed by atoms with E-state index in [-0.39, 0.29) is 23.3 Å². The number of amides is 1. The SMILES string of the molecule is CCOc1ccc(S(=O)(=O)N[C@H](Cc2ccccc2)C(=O)N[C@@H]2CCCc3ccccc32)cc1. The molecule has 2 N–H and O–H groups in total. The molecule has 0 aromatic heterocycles. The van der Waals surface area contributed by atoms with Crippen LogP contribution in [0, 0.1) is 0 Å². The van der Waals surface area contributed by atoms with Gasteiger partial charge in [-0.2, -0.15) is 4.72 Å². The highest BCUT2D eigenvalue weighted by molar-refractivity contribution is 7.89. The monoisotopic (exact) mass is 478 g/mol. The number of benzene rings is 3. The normalized spacial score (nSPS) is 16.3. The van der Waals surface area contributed by atoms with Gasteiger partial charge in [0.05, 0.1) is 17.5 Å². The van der Waals surface area contributed by atoms with E-state index in [0.29, 0.717) is 12.4 Å². The van der Waals surface area contributed by atoms with E-state index in [1.807, 2.05) is 55.5 Å². The average molecular weight is 479 g/mol. The summed E-state index contributed by atoms with van der Waals surface area (Å²) in [6.07, 6.45) is 3.04. The summed E-state index contributed by atoms with van der Waals surface area (Å²) in [6, 6.07) is 22.6. The molecule has 3 aromatic carbocycles. The molecule has 178 valence electrons. The van der Waals surface area contributed by atoms with Gasteiger partial charge in [0, 0.05) is 0 Å². The van der Waals surface area contributed by atoms with Crippen LogP contribution < -0.4 is 14.8 Å². The minimum Gasteiger partial charge on any atom is -0.494 e. The van der Waals surface area contributed by atoms with E-state index in [1.165, 1.54) is 17.7 Å². The molecule has 6 nitrogen and oxygen atoms in total. The predicted octanol–water partition coefficient (Wildman–Crippen LogP) is 4.17. The molecule has 0 fully saturated rings. The van der Waals surface area contributed by atoms with Gasteiger partial charge in [-0.25, -0.2) is 8.42 Å². The van der Waals surface area contributed by atoms with Crippen LogP contribution in [0.5, 0.6) is 5.75 Å². The van der Waals surface area contributed by atoms with Gasteiger partial charge in [0.1, 0.15) is 11.8 Å². The van der Waals surface area contributed by atoms with Gasteiger partial charge in [-0.3, -0.25) is 4.79 Å². The molecule has 0 aliphatic heterocycles. The molecule has 0 unspecified atom stereocenters. The van der Waals surface area contributed by atoms with Crippen molar-refractivity contribution < 1.29 is 17.9 Å². The highest BCUT2D eigenvalue weighted by Gasteiger charge is 2.29. The van der Waals surface area contributed by atoms with Crippen molar-refractivity contribution in [1.29, 1.82) is 0 Å².